The van der Waals surface area contributed by atoms with E-state index in [-0.39, 0.29) is 11.5 Å². The largest absolute Gasteiger partial charge is 0.373 e. The molecule has 108 valence electrons. The zero-order valence-corrected chi connectivity index (χ0v) is 13.6. The lowest BCUT2D eigenvalue weighted by molar-refractivity contribution is 0.0781. The molecule has 4 nitrogen and oxygen atoms in total. The molecule has 2 saturated heterocycles. The van der Waals surface area contributed by atoms with Crippen LogP contribution in [0.5, 0.6) is 0 Å². The van der Waals surface area contributed by atoms with Gasteiger partial charge in [0.1, 0.15) is 0 Å². The van der Waals surface area contributed by atoms with Crippen LogP contribution in [0.3, 0.4) is 0 Å². The molecule has 5 heteroatoms. The van der Waals surface area contributed by atoms with E-state index in [9.17, 15) is 5.26 Å². The minimum absolute atomic E-state index is 0.106. The van der Waals surface area contributed by atoms with Crippen molar-refractivity contribution in [1.29, 1.82) is 5.26 Å². The Morgan fingerprint density at radius 1 is 1.50 bits per heavy atom. The van der Waals surface area contributed by atoms with Crippen molar-refractivity contribution >= 4 is 15.9 Å². The topological polar surface area (TPSA) is 50.8 Å². The Labute approximate surface area is 128 Å². The first-order valence-electron chi connectivity index (χ1n) is 7.44. The fourth-order valence-electron chi connectivity index (χ4n) is 3.63. The molecule has 0 saturated carbocycles. The van der Waals surface area contributed by atoms with Crippen LogP contribution >= 0.6 is 15.9 Å². The van der Waals surface area contributed by atoms with Crippen LogP contribution in [0.2, 0.25) is 0 Å². The number of fused-ring (bicyclic) bond motifs is 2. The second kappa shape index (κ2) is 5.16. The minimum atomic E-state index is -0.358. The fourth-order valence-corrected chi connectivity index (χ4v) is 4.33. The average molecular weight is 338 g/mol. The number of hydrogen-bond donors (Lipinski definition) is 0. The van der Waals surface area contributed by atoms with Gasteiger partial charge in [0.2, 0.25) is 0 Å². The van der Waals surface area contributed by atoms with E-state index in [1.165, 1.54) is 0 Å². The molecule has 0 N–H and O–H groups in total. The van der Waals surface area contributed by atoms with E-state index in [1.807, 2.05) is 4.68 Å². The van der Waals surface area contributed by atoms with Crippen LogP contribution in [-0.4, -0.2) is 22.0 Å². The van der Waals surface area contributed by atoms with Crippen LogP contribution < -0.4 is 0 Å². The first kappa shape index (κ1) is 14.1. The zero-order chi connectivity index (χ0) is 14.3. The average Bonchev–Trinajstić information content (AvgIpc) is 3.14. The molecule has 2 aliphatic rings. The van der Waals surface area contributed by atoms with E-state index in [4.69, 9.17) is 4.74 Å². The molecule has 3 rings (SSSR count). The number of rotatable bonds is 4. The maximum absolute atomic E-state index is 9.74. The van der Waals surface area contributed by atoms with Crippen molar-refractivity contribution in [2.24, 2.45) is 5.41 Å². The third-order valence-corrected chi connectivity index (χ3v) is 5.63. The lowest BCUT2D eigenvalue weighted by Crippen LogP contribution is -2.34. The Balaban J connectivity index is 1.95. The van der Waals surface area contributed by atoms with Gasteiger partial charge in [0.25, 0.3) is 0 Å². The molecule has 0 amide bonds. The number of halogens is 1. The van der Waals surface area contributed by atoms with Crippen molar-refractivity contribution in [3.8, 4) is 6.07 Å². The van der Waals surface area contributed by atoms with Crippen LogP contribution in [0, 0.1) is 16.7 Å². The van der Waals surface area contributed by atoms with Gasteiger partial charge < -0.3 is 4.74 Å². The molecule has 0 radical (unpaired) electrons. The summed E-state index contributed by atoms with van der Waals surface area (Å²) in [5, 5.41) is 14.4. The molecule has 0 aromatic carbocycles. The van der Waals surface area contributed by atoms with Crippen LogP contribution in [0.25, 0.3) is 0 Å². The molecule has 2 bridgehead atoms. The summed E-state index contributed by atoms with van der Waals surface area (Å²) in [6, 6.07) is 2.58. The standard InChI is InChI=1S/C15H20BrN3O/c1-3-11-14(16)12(19(4-2)18-11)8-15(9-17)7-10-5-6-13(15)20-10/h10,13H,3-8H2,1-2H3. The molecule has 2 fully saturated rings. The highest BCUT2D eigenvalue weighted by molar-refractivity contribution is 9.10. The van der Waals surface area contributed by atoms with E-state index >= 15 is 0 Å². The lowest BCUT2D eigenvalue weighted by Gasteiger charge is -2.28. The van der Waals surface area contributed by atoms with Crippen LogP contribution in [0.1, 0.15) is 44.5 Å². The third-order valence-electron chi connectivity index (χ3n) is 4.72. The van der Waals surface area contributed by atoms with E-state index in [2.05, 4.69) is 40.9 Å². The molecule has 3 unspecified atom stereocenters. The molecule has 0 aliphatic carbocycles. The van der Waals surface area contributed by atoms with Gasteiger partial charge in [-0.05, 0) is 48.5 Å². The number of nitrogens with zero attached hydrogens (tertiary/aromatic N) is 3. The van der Waals surface area contributed by atoms with Crippen molar-refractivity contribution in [3.63, 3.8) is 0 Å². The second-order valence-corrected chi connectivity index (χ2v) is 6.64. The first-order valence-corrected chi connectivity index (χ1v) is 8.23. The summed E-state index contributed by atoms with van der Waals surface area (Å²) < 4.78 is 9.05. The van der Waals surface area contributed by atoms with E-state index < -0.39 is 0 Å². The SMILES string of the molecule is CCc1nn(CC)c(CC2(C#N)CC3CCC2O3)c1Br. The maximum Gasteiger partial charge on any atom is 0.0915 e. The van der Waals surface area contributed by atoms with E-state index in [0.29, 0.717) is 6.10 Å². The summed E-state index contributed by atoms with van der Waals surface area (Å²) >= 11 is 3.68. The number of aromatic nitrogens is 2. The summed E-state index contributed by atoms with van der Waals surface area (Å²) in [6.07, 6.45) is 5.06. The summed E-state index contributed by atoms with van der Waals surface area (Å²) in [5.41, 5.74) is 1.88. The molecule has 3 atom stereocenters. The lowest BCUT2D eigenvalue weighted by atomic mass is 9.72. The molecule has 3 heterocycles. The van der Waals surface area contributed by atoms with Gasteiger partial charge >= 0.3 is 0 Å². The summed E-state index contributed by atoms with van der Waals surface area (Å²) in [6.45, 7) is 5.04. The minimum Gasteiger partial charge on any atom is -0.373 e. The highest BCUT2D eigenvalue weighted by Crippen LogP contribution is 2.49. The Bertz CT molecular complexity index is 562. The van der Waals surface area contributed by atoms with Crippen LogP contribution in [0.15, 0.2) is 4.47 Å². The Morgan fingerprint density at radius 3 is 2.80 bits per heavy atom. The highest BCUT2D eigenvalue weighted by Gasteiger charge is 2.53. The maximum atomic E-state index is 9.74. The fraction of sp³-hybridized carbons (Fsp3) is 0.733. The Kier molecular flexibility index (Phi) is 3.64. The number of hydrogen-bond acceptors (Lipinski definition) is 3. The molecule has 20 heavy (non-hydrogen) atoms. The first-order chi connectivity index (χ1) is 9.63. The molecular weight excluding hydrogens is 318 g/mol. The monoisotopic (exact) mass is 337 g/mol. The molecular formula is C15H20BrN3O. The van der Waals surface area contributed by atoms with Gasteiger partial charge in [-0.2, -0.15) is 10.4 Å². The molecule has 1 aromatic heterocycles. The molecule has 2 aliphatic heterocycles. The second-order valence-electron chi connectivity index (χ2n) is 5.85. The third kappa shape index (κ3) is 2.01. The summed E-state index contributed by atoms with van der Waals surface area (Å²) in [5.74, 6) is 0. The van der Waals surface area contributed by atoms with Gasteiger partial charge in [-0.25, -0.2) is 0 Å². The summed E-state index contributed by atoms with van der Waals surface area (Å²) in [7, 11) is 0. The molecule has 1 aromatic rings. The Hall–Kier alpha value is -0.860. The smallest absolute Gasteiger partial charge is 0.0915 e. The van der Waals surface area contributed by atoms with Gasteiger partial charge in [0.05, 0.1) is 39.6 Å². The van der Waals surface area contributed by atoms with Gasteiger partial charge in [-0.15, -0.1) is 0 Å². The normalized spacial score (nSPS) is 31.7. The summed E-state index contributed by atoms with van der Waals surface area (Å²) in [4.78, 5) is 0. The zero-order valence-electron chi connectivity index (χ0n) is 12.0. The Morgan fingerprint density at radius 2 is 2.30 bits per heavy atom. The number of nitriles is 1. The molecule has 0 spiro atoms. The van der Waals surface area contributed by atoms with Crippen molar-refractivity contribution in [2.75, 3.05) is 0 Å². The predicted octanol–water partition coefficient (Wildman–Crippen LogP) is 3.23. The van der Waals surface area contributed by atoms with Gasteiger partial charge in [0.15, 0.2) is 0 Å². The number of ether oxygens (including phenoxy) is 1. The van der Waals surface area contributed by atoms with Crippen molar-refractivity contribution in [3.05, 3.63) is 15.9 Å². The number of aryl methyl sites for hydroxylation is 2. The van der Waals surface area contributed by atoms with Crippen molar-refractivity contribution in [2.45, 2.75) is 64.7 Å². The highest BCUT2D eigenvalue weighted by atomic mass is 79.9. The van der Waals surface area contributed by atoms with Crippen molar-refractivity contribution in [1.82, 2.24) is 9.78 Å². The predicted molar refractivity (Wildman–Crippen MR) is 79.2 cm³/mol. The van der Waals surface area contributed by atoms with Gasteiger partial charge in [0, 0.05) is 13.0 Å². The van der Waals surface area contributed by atoms with Crippen LogP contribution in [0.4, 0.5) is 0 Å². The van der Waals surface area contributed by atoms with Crippen LogP contribution in [-0.2, 0) is 24.1 Å². The van der Waals surface area contributed by atoms with E-state index in [0.717, 1.165) is 54.5 Å². The van der Waals surface area contributed by atoms with Gasteiger partial charge in [-0.1, -0.05) is 6.92 Å². The quantitative estimate of drug-likeness (QED) is 0.847. The van der Waals surface area contributed by atoms with Gasteiger partial charge in [-0.3, -0.25) is 4.68 Å². The van der Waals surface area contributed by atoms with E-state index in [1.54, 1.807) is 0 Å². The van der Waals surface area contributed by atoms with Crippen molar-refractivity contribution < 1.29 is 4.74 Å².